The molecule has 2 heterocycles. The van der Waals surface area contributed by atoms with Gasteiger partial charge in [-0.15, -0.1) is 0 Å². The van der Waals surface area contributed by atoms with E-state index in [-0.39, 0.29) is 5.91 Å². The molecule has 2 aliphatic rings. The van der Waals surface area contributed by atoms with Crippen molar-refractivity contribution in [3.8, 4) is 0 Å². The van der Waals surface area contributed by atoms with Crippen molar-refractivity contribution >= 4 is 0 Å². The van der Waals surface area contributed by atoms with E-state index in [9.17, 15) is 0 Å². The zero-order valence-electron chi connectivity index (χ0n) is 18.5. The maximum absolute atomic E-state index is 2.84. The molecule has 0 aliphatic carbocycles. The van der Waals surface area contributed by atoms with E-state index in [0.29, 0.717) is 6.04 Å². The fourth-order valence-corrected chi connectivity index (χ4v) is 7.14. The standard InChI is InChI=1S/C21H46N4/c1-9-15-19-18-24(11-3,12-4)21(23(19)8)22(7)17-20(16-10-2)25(21,13-5)14-6/h19-20H,9-18H2,1-8H3/q+2. The lowest BCUT2D eigenvalue weighted by Gasteiger charge is -2.58. The van der Waals surface area contributed by atoms with Gasteiger partial charge in [0.05, 0.1) is 38.8 Å². The number of nitrogens with zero attached hydrogens (tertiary/aromatic N) is 4. The van der Waals surface area contributed by atoms with Gasteiger partial charge in [-0.05, 0) is 34.1 Å². The molecule has 0 radical (unpaired) electrons. The van der Waals surface area contributed by atoms with Crippen molar-refractivity contribution in [2.75, 3.05) is 53.4 Å². The van der Waals surface area contributed by atoms with Crippen molar-refractivity contribution in [2.45, 2.75) is 85.2 Å². The summed E-state index contributed by atoms with van der Waals surface area (Å²) in [4.78, 5) is 5.62. The molecule has 4 heteroatoms. The Labute approximate surface area is 157 Å². The molecule has 0 saturated carbocycles. The molecule has 0 aromatic rings. The average molecular weight is 355 g/mol. The molecule has 25 heavy (non-hydrogen) atoms. The van der Waals surface area contributed by atoms with Gasteiger partial charge in [-0.2, -0.15) is 9.80 Å². The van der Waals surface area contributed by atoms with E-state index in [1.54, 1.807) is 0 Å². The van der Waals surface area contributed by atoms with Crippen LogP contribution in [0, 0.1) is 0 Å². The Morgan fingerprint density at radius 2 is 1.40 bits per heavy atom. The highest BCUT2D eigenvalue weighted by atomic mass is 15.9. The minimum Gasteiger partial charge on any atom is -0.242 e. The van der Waals surface area contributed by atoms with Crippen molar-refractivity contribution in [1.82, 2.24) is 9.80 Å². The summed E-state index contributed by atoms with van der Waals surface area (Å²) in [5.74, 6) is 0.118. The van der Waals surface area contributed by atoms with E-state index < -0.39 is 0 Å². The SMILES string of the molecule is CCCC1C[N+](CC)(CC)C2(N(C)CC(CCC)[N+]2(CC)CC)N1C. The molecule has 0 amide bonds. The first-order valence-corrected chi connectivity index (χ1v) is 11.1. The number of likely N-dealkylation sites (N-methyl/N-ethyl adjacent to an activating group) is 4. The number of quaternary nitrogens is 2. The number of rotatable bonds is 8. The Bertz CT molecular complexity index is 430. The minimum atomic E-state index is 0.118. The van der Waals surface area contributed by atoms with Crippen LogP contribution in [-0.2, 0) is 0 Å². The Kier molecular flexibility index (Phi) is 6.63. The normalized spacial score (nSPS) is 35.0. The number of hydrogen-bond acceptors (Lipinski definition) is 2. The lowest BCUT2D eigenvalue weighted by Crippen LogP contribution is -2.83. The fraction of sp³-hybridized carbons (Fsp3) is 1.00. The molecule has 148 valence electrons. The van der Waals surface area contributed by atoms with Gasteiger partial charge < -0.3 is 0 Å². The smallest absolute Gasteiger partial charge is 0.242 e. The summed E-state index contributed by atoms with van der Waals surface area (Å²) in [7, 11) is 4.88. The molecule has 0 aromatic carbocycles. The van der Waals surface area contributed by atoms with Crippen LogP contribution in [0.5, 0.6) is 0 Å². The molecule has 1 spiro atoms. The van der Waals surface area contributed by atoms with Gasteiger partial charge in [0, 0.05) is 20.5 Å². The second-order valence-electron chi connectivity index (χ2n) is 8.60. The Morgan fingerprint density at radius 3 is 1.84 bits per heavy atom. The maximum Gasteiger partial charge on any atom is 0.356 e. The van der Waals surface area contributed by atoms with E-state index in [4.69, 9.17) is 0 Å². The van der Waals surface area contributed by atoms with Crippen LogP contribution >= 0.6 is 0 Å². The van der Waals surface area contributed by atoms with Gasteiger partial charge in [0.2, 0.25) is 0 Å². The largest absolute Gasteiger partial charge is 0.356 e. The predicted molar refractivity (Wildman–Crippen MR) is 108 cm³/mol. The van der Waals surface area contributed by atoms with E-state index in [1.165, 1.54) is 73.9 Å². The molecule has 0 bridgehead atoms. The first kappa shape index (κ1) is 21.1. The maximum atomic E-state index is 2.84. The molecule has 2 aliphatic heterocycles. The van der Waals surface area contributed by atoms with E-state index in [1.807, 2.05) is 0 Å². The van der Waals surface area contributed by atoms with Gasteiger partial charge in [0.15, 0.2) is 0 Å². The van der Waals surface area contributed by atoms with Crippen LogP contribution in [0.1, 0.15) is 67.2 Å². The van der Waals surface area contributed by atoms with Crippen molar-refractivity contribution in [3.05, 3.63) is 0 Å². The number of hydrogen-bond donors (Lipinski definition) is 0. The zero-order valence-corrected chi connectivity index (χ0v) is 18.5. The Balaban J connectivity index is 2.69. The summed E-state index contributed by atoms with van der Waals surface area (Å²) in [6, 6.07) is 1.48. The molecule has 3 atom stereocenters. The monoisotopic (exact) mass is 354 g/mol. The second kappa shape index (κ2) is 7.84. The molecule has 3 unspecified atom stereocenters. The Morgan fingerprint density at radius 1 is 0.840 bits per heavy atom. The van der Waals surface area contributed by atoms with Crippen LogP contribution in [0.3, 0.4) is 0 Å². The zero-order chi connectivity index (χ0) is 18.9. The van der Waals surface area contributed by atoms with Crippen LogP contribution in [0.15, 0.2) is 0 Å². The summed E-state index contributed by atoms with van der Waals surface area (Å²) in [6.45, 7) is 22.0. The van der Waals surface area contributed by atoms with Crippen molar-refractivity contribution < 1.29 is 8.97 Å². The van der Waals surface area contributed by atoms with Crippen molar-refractivity contribution in [2.24, 2.45) is 0 Å². The molecule has 0 aromatic heterocycles. The third kappa shape index (κ3) is 2.55. The lowest BCUT2D eigenvalue weighted by atomic mass is 10.1. The fourth-order valence-electron chi connectivity index (χ4n) is 7.14. The predicted octanol–water partition coefficient (Wildman–Crippen LogP) is 3.54. The highest BCUT2D eigenvalue weighted by Crippen LogP contribution is 2.52. The van der Waals surface area contributed by atoms with Crippen LogP contribution in [0.2, 0.25) is 0 Å². The van der Waals surface area contributed by atoms with Gasteiger partial charge in [-0.1, -0.05) is 26.7 Å². The summed E-state index contributed by atoms with van der Waals surface area (Å²) in [5, 5.41) is 0. The molecule has 2 fully saturated rings. The first-order chi connectivity index (χ1) is 11.9. The molecular weight excluding hydrogens is 308 g/mol. The topological polar surface area (TPSA) is 6.48 Å². The van der Waals surface area contributed by atoms with E-state index >= 15 is 0 Å². The minimum absolute atomic E-state index is 0.118. The first-order valence-electron chi connectivity index (χ1n) is 11.1. The van der Waals surface area contributed by atoms with Crippen molar-refractivity contribution in [1.29, 1.82) is 0 Å². The van der Waals surface area contributed by atoms with Gasteiger partial charge >= 0.3 is 5.91 Å². The van der Waals surface area contributed by atoms with Crippen molar-refractivity contribution in [3.63, 3.8) is 0 Å². The summed E-state index contributed by atoms with van der Waals surface area (Å²) >= 11 is 0. The second-order valence-corrected chi connectivity index (χ2v) is 8.60. The third-order valence-electron chi connectivity index (χ3n) is 8.09. The summed E-state index contributed by atoms with van der Waals surface area (Å²) < 4.78 is 2.50. The lowest BCUT2D eigenvalue weighted by molar-refractivity contribution is -1.18. The van der Waals surface area contributed by atoms with Gasteiger partial charge in [-0.25, -0.2) is 8.97 Å². The summed E-state index contributed by atoms with van der Waals surface area (Å²) in [5.41, 5.74) is 0. The van der Waals surface area contributed by atoms with Crippen LogP contribution in [0.25, 0.3) is 0 Å². The molecule has 2 rings (SSSR count). The van der Waals surface area contributed by atoms with E-state index in [0.717, 1.165) is 6.04 Å². The van der Waals surface area contributed by atoms with Crippen LogP contribution in [-0.4, -0.2) is 90.1 Å². The van der Waals surface area contributed by atoms with E-state index in [2.05, 4.69) is 65.4 Å². The van der Waals surface area contributed by atoms with Crippen LogP contribution in [0.4, 0.5) is 0 Å². The quantitative estimate of drug-likeness (QED) is 0.615. The molecule has 4 nitrogen and oxygen atoms in total. The molecular formula is C21H46N4+2. The highest BCUT2D eigenvalue weighted by Gasteiger charge is 2.78. The average Bonchev–Trinajstić information content (AvgIpc) is 3.02. The summed E-state index contributed by atoms with van der Waals surface area (Å²) in [6.07, 6.45) is 5.28. The highest BCUT2D eigenvalue weighted by molar-refractivity contribution is 4.92. The van der Waals surface area contributed by atoms with Gasteiger partial charge in [0.1, 0.15) is 12.6 Å². The Hall–Kier alpha value is -0.160. The third-order valence-corrected chi connectivity index (χ3v) is 8.09. The van der Waals surface area contributed by atoms with Crippen LogP contribution < -0.4 is 0 Å². The van der Waals surface area contributed by atoms with Gasteiger partial charge in [0.25, 0.3) is 0 Å². The molecule has 2 saturated heterocycles. The van der Waals surface area contributed by atoms with Gasteiger partial charge in [-0.3, -0.25) is 0 Å². The molecule has 0 N–H and O–H groups in total.